The van der Waals surface area contributed by atoms with E-state index in [0.29, 0.717) is 6.61 Å². The van der Waals surface area contributed by atoms with Gasteiger partial charge in [-0.1, -0.05) is 11.6 Å². The van der Waals surface area contributed by atoms with Crippen molar-refractivity contribution in [2.24, 2.45) is 0 Å². The molecule has 0 aliphatic rings. The quantitative estimate of drug-likeness (QED) is 0.864. The van der Waals surface area contributed by atoms with Crippen molar-refractivity contribution in [2.75, 3.05) is 20.7 Å². The topological polar surface area (TPSA) is 58.2 Å². The third-order valence-electron chi connectivity index (χ3n) is 2.54. The van der Waals surface area contributed by atoms with Crippen LogP contribution in [0.2, 0.25) is 5.02 Å². The minimum absolute atomic E-state index is 0.0166. The summed E-state index contributed by atoms with van der Waals surface area (Å²) in [5.41, 5.74) is -0.553. The standard InChI is InChI=1S/C10H16ClN3O2/c1-10(2,14(3)4)5-16-9-7(11)8(15)12-6-13-9/h6H,5H2,1-4H3,(H,12,13,15). The summed E-state index contributed by atoms with van der Waals surface area (Å²) in [6.45, 7) is 4.44. The summed E-state index contributed by atoms with van der Waals surface area (Å²) in [7, 11) is 3.91. The minimum atomic E-state index is -0.394. The van der Waals surface area contributed by atoms with Crippen LogP contribution in [-0.4, -0.2) is 41.1 Å². The van der Waals surface area contributed by atoms with Gasteiger partial charge in [-0.3, -0.25) is 4.79 Å². The van der Waals surface area contributed by atoms with Gasteiger partial charge in [0.15, 0.2) is 5.02 Å². The van der Waals surface area contributed by atoms with Crippen LogP contribution in [0.25, 0.3) is 0 Å². The van der Waals surface area contributed by atoms with E-state index in [1.54, 1.807) is 0 Å². The smallest absolute Gasteiger partial charge is 0.273 e. The number of rotatable bonds is 4. The van der Waals surface area contributed by atoms with Crippen LogP contribution in [0.15, 0.2) is 11.1 Å². The van der Waals surface area contributed by atoms with Crippen molar-refractivity contribution in [3.05, 3.63) is 21.7 Å². The SMILES string of the molecule is CN(C)C(C)(C)COc1nc[nH]c(=O)c1Cl. The Morgan fingerprint density at radius 1 is 1.56 bits per heavy atom. The lowest BCUT2D eigenvalue weighted by atomic mass is 10.1. The molecule has 1 heterocycles. The molecule has 16 heavy (non-hydrogen) atoms. The maximum atomic E-state index is 11.2. The highest BCUT2D eigenvalue weighted by atomic mass is 35.5. The molecule has 0 unspecified atom stereocenters. The number of aromatic nitrogens is 2. The molecule has 0 spiro atoms. The number of nitrogens with zero attached hydrogens (tertiary/aromatic N) is 2. The van der Waals surface area contributed by atoms with Gasteiger partial charge in [0.1, 0.15) is 6.61 Å². The fraction of sp³-hybridized carbons (Fsp3) is 0.600. The Morgan fingerprint density at radius 2 is 2.19 bits per heavy atom. The summed E-state index contributed by atoms with van der Waals surface area (Å²) in [5, 5.41) is -0.0166. The van der Waals surface area contributed by atoms with Crippen molar-refractivity contribution in [3.8, 4) is 5.88 Å². The maximum absolute atomic E-state index is 11.2. The molecule has 1 N–H and O–H groups in total. The highest BCUT2D eigenvalue weighted by Gasteiger charge is 2.22. The fourth-order valence-electron chi connectivity index (χ4n) is 0.841. The van der Waals surface area contributed by atoms with Crippen LogP contribution in [0.5, 0.6) is 5.88 Å². The van der Waals surface area contributed by atoms with Crippen molar-refractivity contribution in [1.29, 1.82) is 0 Å². The van der Waals surface area contributed by atoms with Crippen molar-refractivity contribution in [1.82, 2.24) is 14.9 Å². The van der Waals surface area contributed by atoms with Crippen LogP contribution in [0.1, 0.15) is 13.8 Å². The molecule has 0 saturated carbocycles. The first-order valence-corrected chi connectivity index (χ1v) is 5.26. The van der Waals surface area contributed by atoms with Gasteiger partial charge < -0.3 is 14.6 Å². The van der Waals surface area contributed by atoms with Gasteiger partial charge in [0.2, 0.25) is 5.88 Å². The molecule has 1 aromatic rings. The van der Waals surface area contributed by atoms with E-state index in [4.69, 9.17) is 16.3 Å². The van der Waals surface area contributed by atoms with Crippen LogP contribution in [0.3, 0.4) is 0 Å². The highest BCUT2D eigenvalue weighted by molar-refractivity contribution is 6.31. The largest absolute Gasteiger partial charge is 0.474 e. The van der Waals surface area contributed by atoms with Gasteiger partial charge in [-0.2, -0.15) is 0 Å². The van der Waals surface area contributed by atoms with Crippen molar-refractivity contribution >= 4 is 11.6 Å². The zero-order valence-corrected chi connectivity index (χ0v) is 10.6. The van der Waals surface area contributed by atoms with Gasteiger partial charge >= 0.3 is 0 Å². The Kier molecular flexibility index (Phi) is 3.93. The molecule has 0 saturated heterocycles. The van der Waals surface area contributed by atoms with Gasteiger partial charge in [-0.25, -0.2) is 4.98 Å². The molecule has 1 rings (SSSR count). The normalized spacial score (nSPS) is 11.9. The van der Waals surface area contributed by atoms with E-state index in [-0.39, 0.29) is 16.4 Å². The van der Waals surface area contributed by atoms with Crippen LogP contribution in [0, 0.1) is 0 Å². The average Bonchev–Trinajstić information content (AvgIpc) is 2.20. The second-order valence-corrected chi connectivity index (χ2v) is 4.72. The first-order chi connectivity index (χ1) is 7.34. The van der Waals surface area contributed by atoms with E-state index in [0.717, 1.165) is 0 Å². The number of likely N-dealkylation sites (N-methyl/N-ethyl adjacent to an activating group) is 1. The Balaban J connectivity index is 2.76. The third-order valence-corrected chi connectivity index (χ3v) is 2.87. The minimum Gasteiger partial charge on any atom is -0.474 e. The lowest BCUT2D eigenvalue weighted by Gasteiger charge is -2.31. The van der Waals surface area contributed by atoms with E-state index in [1.807, 2.05) is 32.8 Å². The average molecular weight is 246 g/mol. The van der Waals surface area contributed by atoms with E-state index in [2.05, 4.69) is 9.97 Å². The predicted molar refractivity (Wildman–Crippen MR) is 63.1 cm³/mol. The van der Waals surface area contributed by atoms with E-state index in [9.17, 15) is 4.79 Å². The molecule has 0 aromatic carbocycles. The molecule has 0 aliphatic heterocycles. The number of halogens is 1. The van der Waals surface area contributed by atoms with Crippen LogP contribution in [0.4, 0.5) is 0 Å². The zero-order valence-electron chi connectivity index (χ0n) is 9.87. The highest BCUT2D eigenvalue weighted by Crippen LogP contribution is 2.18. The van der Waals surface area contributed by atoms with E-state index < -0.39 is 5.56 Å². The molecular weight excluding hydrogens is 230 g/mol. The second-order valence-electron chi connectivity index (χ2n) is 4.35. The van der Waals surface area contributed by atoms with Gasteiger partial charge in [0.25, 0.3) is 5.56 Å². The molecule has 0 radical (unpaired) electrons. The first-order valence-electron chi connectivity index (χ1n) is 4.88. The molecular formula is C10H16ClN3O2. The summed E-state index contributed by atoms with van der Waals surface area (Å²) < 4.78 is 5.44. The Morgan fingerprint density at radius 3 is 2.75 bits per heavy atom. The second kappa shape index (κ2) is 4.84. The van der Waals surface area contributed by atoms with Crippen LogP contribution in [-0.2, 0) is 0 Å². The Hall–Kier alpha value is -1.07. The number of ether oxygens (including phenoxy) is 1. The van der Waals surface area contributed by atoms with Crippen LogP contribution >= 0.6 is 11.6 Å². The molecule has 6 heteroatoms. The van der Waals surface area contributed by atoms with Crippen molar-refractivity contribution < 1.29 is 4.74 Å². The maximum Gasteiger partial charge on any atom is 0.273 e. The molecule has 0 bridgehead atoms. The number of hydrogen-bond acceptors (Lipinski definition) is 4. The molecule has 1 aromatic heterocycles. The molecule has 0 atom stereocenters. The lowest BCUT2D eigenvalue weighted by Crippen LogP contribution is -2.43. The van der Waals surface area contributed by atoms with Gasteiger partial charge in [0, 0.05) is 5.54 Å². The summed E-state index contributed by atoms with van der Waals surface area (Å²) in [6.07, 6.45) is 1.27. The molecule has 0 amide bonds. The molecule has 0 fully saturated rings. The Labute approximate surface area is 99.4 Å². The summed E-state index contributed by atoms with van der Waals surface area (Å²) in [6, 6.07) is 0. The predicted octanol–water partition coefficient (Wildman–Crippen LogP) is 1.14. The first kappa shape index (κ1) is 13.0. The molecule has 90 valence electrons. The van der Waals surface area contributed by atoms with Gasteiger partial charge in [-0.05, 0) is 27.9 Å². The third kappa shape index (κ3) is 2.96. The number of nitrogens with one attached hydrogen (secondary N) is 1. The fourth-order valence-corrected chi connectivity index (χ4v) is 0.999. The summed E-state index contributed by atoms with van der Waals surface area (Å²) in [4.78, 5) is 19.4. The van der Waals surface area contributed by atoms with Crippen LogP contribution < -0.4 is 10.3 Å². The van der Waals surface area contributed by atoms with Gasteiger partial charge in [0.05, 0.1) is 6.33 Å². The summed E-state index contributed by atoms with van der Waals surface area (Å²) >= 11 is 5.76. The molecule has 5 nitrogen and oxygen atoms in total. The lowest BCUT2D eigenvalue weighted by molar-refractivity contribution is 0.111. The summed E-state index contributed by atoms with van der Waals surface area (Å²) in [5.74, 6) is 0.167. The number of aromatic amines is 1. The zero-order chi connectivity index (χ0) is 12.3. The number of H-pyrrole nitrogens is 1. The van der Waals surface area contributed by atoms with Gasteiger partial charge in [-0.15, -0.1) is 0 Å². The van der Waals surface area contributed by atoms with E-state index >= 15 is 0 Å². The van der Waals surface area contributed by atoms with Crippen molar-refractivity contribution in [2.45, 2.75) is 19.4 Å². The Bertz CT molecular complexity index is 415. The monoisotopic (exact) mass is 245 g/mol. The van der Waals surface area contributed by atoms with E-state index in [1.165, 1.54) is 6.33 Å². The molecule has 0 aliphatic carbocycles. The van der Waals surface area contributed by atoms with Crippen molar-refractivity contribution in [3.63, 3.8) is 0 Å². The number of hydrogen-bond donors (Lipinski definition) is 1.